The highest BCUT2D eigenvalue weighted by Crippen LogP contribution is 2.10. The van der Waals surface area contributed by atoms with Crippen molar-refractivity contribution in [2.75, 3.05) is 21.1 Å². The lowest BCUT2D eigenvalue weighted by Gasteiger charge is -2.24. The topological polar surface area (TPSA) is 81.1 Å². The molecule has 2 unspecified atom stereocenters. The van der Waals surface area contributed by atoms with Crippen LogP contribution in [0.3, 0.4) is 0 Å². The van der Waals surface area contributed by atoms with E-state index in [0.29, 0.717) is 0 Å². The van der Waals surface area contributed by atoms with E-state index < -0.39 is 24.0 Å². The van der Waals surface area contributed by atoms with Crippen molar-refractivity contribution in [3.05, 3.63) is 71.3 Å². The fourth-order valence-corrected chi connectivity index (χ4v) is 2.53. The van der Waals surface area contributed by atoms with E-state index in [1.54, 1.807) is 0 Å². The summed E-state index contributed by atoms with van der Waals surface area (Å²) in [4.78, 5) is 26.4. The zero-order chi connectivity index (χ0) is 20.7. The van der Waals surface area contributed by atoms with E-state index >= 15 is 0 Å². The van der Waals surface area contributed by atoms with E-state index in [-0.39, 0.29) is 6.54 Å². The molecule has 0 saturated carbocycles. The summed E-state index contributed by atoms with van der Waals surface area (Å²) in [7, 11) is 4.38. The number of aliphatic hydroxyl groups excluding tert-OH is 2. The van der Waals surface area contributed by atoms with Gasteiger partial charge in [-0.2, -0.15) is 0 Å². The van der Waals surface area contributed by atoms with Gasteiger partial charge >= 0.3 is 0 Å². The number of carbonyl (C=O) groups excluding carboxylic acids is 2. The first-order valence-electron chi connectivity index (χ1n) is 8.78. The smallest absolute Gasteiger partial charge is 0.254 e. The Morgan fingerprint density at radius 2 is 1.43 bits per heavy atom. The Hall–Kier alpha value is -3.14. The second-order valence-corrected chi connectivity index (χ2v) is 6.63. The van der Waals surface area contributed by atoms with Gasteiger partial charge in [-0.25, -0.2) is 0 Å². The van der Waals surface area contributed by atoms with Crippen LogP contribution in [-0.2, 0) is 16.1 Å². The van der Waals surface area contributed by atoms with Crippen molar-refractivity contribution in [3.8, 4) is 11.8 Å². The van der Waals surface area contributed by atoms with Crippen LogP contribution in [0.1, 0.15) is 16.7 Å². The van der Waals surface area contributed by atoms with Crippen molar-refractivity contribution >= 4 is 11.8 Å². The van der Waals surface area contributed by atoms with Crippen molar-refractivity contribution in [2.24, 2.45) is 0 Å². The van der Waals surface area contributed by atoms with Gasteiger partial charge in [0.2, 0.25) is 0 Å². The minimum atomic E-state index is -1.82. The molecule has 0 aromatic heterocycles. The Kier molecular flexibility index (Phi) is 7.33. The highest BCUT2D eigenvalue weighted by Gasteiger charge is 2.33. The predicted octanol–water partition coefficient (Wildman–Crippen LogP) is 0.855. The van der Waals surface area contributed by atoms with Gasteiger partial charge in [0.25, 0.3) is 11.8 Å². The Bertz CT molecular complexity index is 884. The number of carbonyl (C=O) groups is 2. The summed E-state index contributed by atoms with van der Waals surface area (Å²) in [5.41, 5.74) is 2.52. The van der Waals surface area contributed by atoms with Gasteiger partial charge in [0, 0.05) is 38.8 Å². The fourth-order valence-electron chi connectivity index (χ4n) is 2.53. The summed E-state index contributed by atoms with van der Waals surface area (Å²) in [6, 6.07) is 17.0. The summed E-state index contributed by atoms with van der Waals surface area (Å²) in [6.07, 6.45) is -3.62. The molecule has 0 aliphatic rings. The van der Waals surface area contributed by atoms with Crippen LogP contribution in [0.2, 0.25) is 0 Å². The number of aliphatic hydroxyl groups is 2. The summed E-state index contributed by atoms with van der Waals surface area (Å²) in [6.45, 7) is 0.208. The quantitative estimate of drug-likeness (QED) is 0.754. The molecule has 2 atom stereocenters. The Balaban J connectivity index is 2.06. The largest absolute Gasteiger partial charge is 0.380 e. The molecule has 0 aliphatic heterocycles. The van der Waals surface area contributed by atoms with Crippen LogP contribution in [0.4, 0.5) is 0 Å². The number of hydrogen-bond donors (Lipinski definition) is 2. The monoisotopic (exact) mass is 380 g/mol. The van der Waals surface area contributed by atoms with Gasteiger partial charge in [-0.1, -0.05) is 42.2 Å². The van der Waals surface area contributed by atoms with Gasteiger partial charge in [-0.15, -0.1) is 0 Å². The van der Waals surface area contributed by atoms with Gasteiger partial charge in [0.05, 0.1) is 0 Å². The second-order valence-electron chi connectivity index (χ2n) is 6.63. The maximum absolute atomic E-state index is 12.3. The number of benzene rings is 2. The van der Waals surface area contributed by atoms with Crippen LogP contribution in [0.5, 0.6) is 0 Å². The van der Waals surface area contributed by atoms with E-state index in [2.05, 4.69) is 11.8 Å². The molecule has 0 heterocycles. The Labute approximate surface area is 165 Å². The lowest BCUT2D eigenvalue weighted by Crippen LogP contribution is -2.49. The maximum Gasteiger partial charge on any atom is 0.254 e. The molecule has 6 nitrogen and oxygen atoms in total. The molecule has 0 spiro atoms. The average Bonchev–Trinajstić information content (AvgIpc) is 2.71. The van der Waals surface area contributed by atoms with Crippen molar-refractivity contribution < 1.29 is 19.8 Å². The van der Waals surface area contributed by atoms with Crippen molar-refractivity contribution in [2.45, 2.75) is 18.8 Å². The molecule has 2 aromatic rings. The molecule has 146 valence electrons. The molecule has 2 amide bonds. The number of likely N-dealkylation sites (N-methyl/N-ethyl adjacent to an activating group) is 2. The number of amides is 2. The lowest BCUT2D eigenvalue weighted by molar-refractivity contribution is -0.156. The van der Waals surface area contributed by atoms with Crippen LogP contribution in [0.25, 0.3) is 0 Å². The van der Waals surface area contributed by atoms with Gasteiger partial charge in [0.1, 0.15) is 0 Å². The van der Waals surface area contributed by atoms with Crippen molar-refractivity contribution in [3.63, 3.8) is 0 Å². The molecule has 0 bridgehead atoms. The van der Waals surface area contributed by atoms with E-state index in [1.807, 2.05) is 54.6 Å². The molecule has 0 fully saturated rings. The molecule has 0 saturated heterocycles. The lowest BCUT2D eigenvalue weighted by atomic mass is 10.1. The minimum absolute atomic E-state index is 0.208. The molecular formula is C22H24N2O4. The van der Waals surface area contributed by atoms with Gasteiger partial charge in [-0.3, -0.25) is 9.59 Å². The van der Waals surface area contributed by atoms with E-state index in [9.17, 15) is 19.8 Å². The summed E-state index contributed by atoms with van der Waals surface area (Å²) in [5, 5.41) is 19.9. The number of nitrogens with zero attached hydrogens (tertiary/aromatic N) is 2. The third-order valence-electron chi connectivity index (χ3n) is 4.09. The van der Waals surface area contributed by atoms with Crippen molar-refractivity contribution in [1.29, 1.82) is 0 Å². The Morgan fingerprint density at radius 3 is 2.07 bits per heavy atom. The average molecular weight is 380 g/mol. The predicted molar refractivity (Wildman–Crippen MR) is 106 cm³/mol. The highest BCUT2D eigenvalue weighted by molar-refractivity contribution is 5.90. The number of hydrogen-bond acceptors (Lipinski definition) is 4. The minimum Gasteiger partial charge on any atom is -0.380 e. The first-order chi connectivity index (χ1) is 13.3. The summed E-state index contributed by atoms with van der Waals surface area (Å²) < 4.78 is 0. The maximum atomic E-state index is 12.3. The molecule has 6 heteroatoms. The summed E-state index contributed by atoms with van der Waals surface area (Å²) >= 11 is 0. The molecule has 2 rings (SSSR count). The fraction of sp³-hybridized carbons (Fsp3) is 0.273. The summed E-state index contributed by atoms with van der Waals surface area (Å²) in [5.74, 6) is 4.69. The van der Waals surface area contributed by atoms with E-state index in [4.69, 9.17) is 0 Å². The van der Waals surface area contributed by atoms with Crippen LogP contribution < -0.4 is 0 Å². The Morgan fingerprint density at radius 1 is 0.857 bits per heavy atom. The molecule has 2 N–H and O–H groups in total. The van der Waals surface area contributed by atoms with Crippen LogP contribution >= 0.6 is 0 Å². The van der Waals surface area contributed by atoms with Crippen LogP contribution in [0, 0.1) is 11.8 Å². The third-order valence-corrected chi connectivity index (χ3v) is 4.09. The standard InChI is InChI=1S/C22H24N2O4/c1-23(2)21(27)19(25)20(26)22(28)24(3)15-18-11-7-10-17(14-18)13-12-16-8-5-4-6-9-16/h4-11,14,19-20,25-26H,15H2,1-3H3. The van der Waals surface area contributed by atoms with E-state index in [0.717, 1.165) is 21.6 Å². The third kappa shape index (κ3) is 5.68. The first-order valence-corrected chi connectivity index (χ1v) is 8.78. The van der Waals surface area contributed by atoms with Crippen LogP contribution in [0.15, 0.2) is 54.6 Å². The molecule has 0 aliphatic carbocycles. The van der Waals surface area contributed by atoms with Gasteiger partial charge < -0.3 is 20.0 Å². The number of rotatable bonds is 5. The van der Waals surface area contributed by atoms with Gasteiger partial charge in [-0.05, 0) is 29.8 Å². The molecule has 28 heavy (non-hydrogen) atoms. The zero-order valence-corrected chi connectivity index (χ0v) is 16.2. The normalized spacial score (nSPS) is 12.3. The first kappa shape index (κ1) is 21.2. The van der Waals surface area contributed by atoms with E-state index in [1.165, 1.54) is 26.0 Å². The van der Waals surface area contributed by atoms with Crippen LogP contribution in [-0.4, -0.2) is 65.2 Å². The molecule has 0 radical (unpaired) electrons. The molecular weight excluding hydrogens is 356 g/mol. The van der Waals surface area contributed by atoms with Crippen molar-refractivity contribution in [1.82, 2.24) is 9.80 Å². The SMILES string of the molecule is CN(C)C(=O)C(O)C(O)C(=O)N(C)Cc1cccc(C#Cc2ccccc2)c1. The highest BCUT2D eigenvalue weighted by atomic mass is 16.3. The van der Waals surface area contributed by atoms with Gasteiger partial charge in [0.15, 0.2) is 12.2 Å². The second kappa shape index (κ2) is 9.70. The zero-order valence-electron chi connectivity index (χ0n) is 16.2. The molecule has 2 aromatic carbocycles.